The zero-order valence-corrected chi connectivity index (χ0v) is 22.5. The first-order valence-corrected chi connectivity index (χ1v) is 12.7. The number of benzene rings is 3. The number of amides is 1. The quantitative estimate of drug-likeness (QED) is 0.237. The van der Waals surface area contributed by atoms with Crippen LogP contribution in [0.3, 0.4) is 0 Å². The molecule has 1 N–H and O–H groups in total. The number of aryl methyl sites for hydroxylation is 2. The molecule has 0 saturated carbocycles. The molecule has 3 aromatic carbocycles. The number of aromatic nitrogens is 2. The zero-order valence-electron chi connectivity index (χ0n) is 22.5. The van der Waals surface area contributed by atoms with Crippen molar-refractivity contribution < 1.29 is 19.0 Å². The summed E-state index contributed by atoms with van der Waals surface area (Å²) in [6, 6.07) is 25.7. The smallest absolute Gasteiger partial charge is 0.224 e. The van der Waals surface area contributed by atoms with Gasteiger partial charge < -0.3 is 23.9 Å². The molecule has 0 aliphatic heterocycles. The molecule has 2 aromatic heterocycles. The van der Waals surface area contributed by atoms with Crippen molar-refractivity contribution in [1.82, 2.24) is 9.38 Å². The van der Waals surface area contributed by atoms with Crippen LogP contribution in [0, 0.1) is 6.92 Å². The molecule has 7 heteroatoms. The first-order chi connectivity index (χ1) is 19.0. The van der Waals surface area contributed by atoms with E-state index in [9.17, 15) is 4.79 Å². The van der Waals surface area contributed by atoms with E-state index in [-0.39, 0.29) is 12.3 Å². The number of rotatable bonds is 9. The zero-order chi connectivity index (χ0) is 27.4. The predicted octanol–water partition coefficient (Wildman–Crippen LogP) is 6.57. The number of nitrogens with one attached hydrogen (secondary N) is 1. The summed E-state index contributed by atoms with van der Waals surface area (Å²) in [7, 11) is 4.80. The normalized spacial score (nSPS) is 10.9. The molecule has 5 rings (SSSR count). The highest BCUT2D eigenvalue weighted by Gasteiger charge is 2.17. The number of anilines is 1. The van der Waals surface area contributed by atoms with E-state index in [1.54, 1.807) is 39.5 Å². The molecule has 0 fully saturated rings. The van der Waals surface area contributed by atoms with Crippen LogP contribution in [0.2, 0.25) is 0 Å². The highest BCUT2D eigenvalue weighted by molar-refractivity contribution is 5.91. The minimum atomic E-state index is -0.108. The third kappa shape index (κ3) is 5.57. The van der Waals surface area contributed by atoms with Crippen molar-refractivity contribution >= 4 is 17.2 Å². The summed E-state index contributed by atoms with van der Waals surface area (Å²) in [6.07, 6.45) is 2.86. The summed E-state index contributed by atoms with van der Waals surface area (Å²) in [5, 5.41) is 2.98. The second kappa shape index (κ2) is 11.3. The van der Waals surface area contributed by atoms with Crippen LogP contribution >= 0.6 is 0 Å². The van der Waals surface area contributed by atoms with Crippen LogP contribution in [0.25, 0.3) is 28.0 Å². The number of fused-ring (bicyclic) bond motifs is 1. The van der Waals surface area contributed by atoms with Gasteiger partial charge in [-0.3, -0.25) is 4.79 Å². The molecule has 5 aromatic rings. The number of hydrogen-bond acceptors (Lipinski definition) is 5. The number of nitrogens with zero attached hydrogens (tertiary/aromatic N) is 2. The average molecular weight is 522 g/mol. The second-order valence-corrected chi connectivity index (χ2v) is 9.27. The lowest BCUT2D eigenvalue weighted by atomic mass is 10.0. The molecule has 0 bridgehead atoms. The minimum Gasteiger partial charge on any atom is -0.497 e. The third-order valence-electron chi connectivity index (χ3n) is 6.67. The SMILES string of the molecule is COc1cccc(-c2nc3ccc(-c4cccc(C)c4)cn3c2CCC(=O)Nc2ccc(OC)c(OC)c2)c1. The lowest BCUT2D eigenvalue weighted by Crippen LogP contribution is -2.13. The molecule has 39 heavy (non-hydrogen) atoms. The van der Waals surface area contributed by atoms with Gasteiger partial charge in [-0.2, -0.15) is 0 Å². The van der Waals surface area contributed by atoms with Crippen molar-refractivity contribution in [2.75, 3.05) is 26.6 Å². The topological polar surface area (TPSA) is 74.1 Å². The van der Waals surface area contributed by atoms with Gasteiger partial charge in [-0.15, -0.1) is 0 Å². The van der Waals surface area contributed by atoms with Crippen molar-refractivity contribution in [2.24, 2.45) is 0 Å². The average Bonchev–Trinajstić information content (AvgIpc) is 3.33. The molecule has 1 amide bonds. The van der Waals surface area contributed by atoms with Crippen LogP contribution in [-0.2, 0) is 11.2 Å². The Balaban J connectivity index is 1.49. The fourth-order valence-electron chi connectivity index (χ4n) is 4.70. The summed E-state index contributed by atoms with van der Waals surface area (Å²) in [5.41, 5.74) is 7.59. The Morgan fingerprint density at radius 1 is 0.821 bits per heavy atom. The summed E-state index contributed by atoms with van der Waals surface area (Å²) >= 11 is 0. The standard InChI is InChI=1S/C32H31N3O4/c1-21-7-5-8-22(17-21)24-11-15-30-34-32(23-9-6-10-26(18-23)37-2)27(35(30)20-24)13-16-31(36)33-25-12-14-28(38-3)29(19-25)39-4/h5-12,14-15,17-20H,13,16H2,1-4H3,(H,33,36). The molecule has 0 unspecified atom stereocenters. The van der Waals surface area contributed by atoms with Crippen LogP contribution in [0.5, 0.6) is 17.2 Å². The molecule has 0 spiro atoms. The molecule has 0 aliphatic carbocycles. The van der Waals surface area contributed by atoms with Gasteiger partial charge in [-0.25, -0.2) is 4.98 Å². The number of imidazole rings is 1. The molecular formula is C32H31N3O4. The van der Waals surface area contributed by atoms with E-state index in [1.807, 2.05) is 30.3 Å². The number of carbonyl (C=O) groups is 1. The van der Waals surface area contributed by atoms with Crippen LogP contribution in [0.1, 0.15) is 17.7 Å². The third-order valence-corrected chi connectivity index (χ3v) is 6.67. The molecule has 0 aliphatic rings. The molecule has 198 valence electrons. The van der Waals surface area contributed by atoms with Crippen molar-refractivity contribution in [3.8, 4) is 39.6 Å². The Labute approximate surface area is 228 Å². The maximum atomic E-state index is 13.0. The monoisotopic (exact) mass is 521 g/mol. The summed E-state index contributed by atoms with van der Waals surface area (Å²) < 4.78 is 18.2. The van der Waals surface area contributed by atoms with Crippen molar-refractivity contribution in [3.63, 3.8) is 0 Å². The van der Waals surface area contributed by atoms with E-state index in [2.05, 4.69) is 53.2 Å². The predicted molar refractivity (Wildman–Crippen MR) is 154 cm³/mol. The van der Waals surface area contributed by atoms with Gasteiger partial charge >= 0.3 is 0 Å². The van der Waals surface area contributed by atoms with Crippen LogP contribution in [-0.4, -0.2) is 36.6 Å². The fourth-order valence-corrected chi connectivity index (χ4v) is 4.70. The Kier molecular flexibility index (Phi) is 7.50. The summed E-state index contributed by atoms with van der Waals surface area (Å²) in [6.45, 7) is 2.09. The Morgan fingerprint density at radius 2 is 1.62 bits per heavy atom. The lowest BCUT2D eigenvalue weighted by molar-refractivity contribution is -0.116. The maximum absolute atomic E-state index is 13.0. The van der Waals surface area contributed by atoms with Gasteiger partial charge in [0.25, 0.3) is 0 Å². The molecule has 0 atom stereocenters. The van der Waals surface area contributed by atoms with Gasteiger partial charge in [0.05, 0.1) is 32.7 Å². The fraction of sp³-hybridized carbons (Fsp3) is 0.188. The van der Waals surface area contributed by atoms with Gasteiger partial charge in [-0.1, -0.05) is 42.0 Å². The Hall–Kier alpha value is -4.78. The van der Waals surface area contributed by atoms with E-state index in [4.69, 9.17) is 19.2 Å². The number of ether oxygens (including phenoxy) is 3. The summed E-state index contributed by atoms with van der Waals surface area (Å²) in [4.78, 5) is 18.0. The summed E-state index contributed by atoms with van der Waals surface area (Å²) in [5.74, 6) is 1.81. The Morgan fingerprint density at radius 3 is 2.38 bits per heavy atom. The van der Waals surface area contributed by atoms with Gasteiger partial charge in [0, 0.05) is 29.9 Å². The first-order valence-electron chi connectivity index (χ1n) is 12.7. The van der Waals surface area contributed by atoms with E-state index in [0.717, 1.165) is 39.5 Å². The van der Waals surface area contributed by atoms with Crippen molar-refractivity contribution in [3.05, 3.63) is 96.3 Å². The van der Waals surface area contributed by atoms with Gasteiger partial charge in [0.1, 0.15) is 11.4 Å². The van der Waals surface area contributed by atoms with Crippen molar-refractivity contribution in [2.45, 2.75) is 19.8 Å². The van der Waals surface area contributed by atoms with E-state index in [0.29, 0.717) is 23.6 Å². The molecule has 2 heterocycles. The Bertz CT molecular complexity index is 1640. The highest BCUT2D eigenvalue weighted by atomic mass is 16.5. The van der Waals surface area contributed by atoms with Crippen molar-refractivity contribution in [1.29, 1.82) is 0 Å². The van der Waals surface area contributed by atoms with Gasteiger partial charge in [0.15, 0.2) is 11.5 Å². The highest BCUT2D eigenvalue weighted by Crippen LogP contribution is 2.32. The molecular weight excluding hydrogens is 490 g/mol. The second-order valence-electron chi connectivity index (χ2n) is 9.27. The number of hydrogen-bond donors (Lipinski definition) is 1. The van der Waals surface area contributed by atoms with Crippen LogP contribution < -0.4 is 19.5 Å². The number of methoxy groups -OCH3 is 3. The largest absolute Gasteiger partial charge is 0.497 e. The minimum absolute atomic E-state index is 0.108. The van der Waals surface area contributed by atoms with Gasteiger partial charge in [-0.05, 0) is 60.9 Å². The molecule has 0 radical (unpaired) electrons. The van der Waals surface area contributed by atoms with Crippen LogP contribution in [0.15, 0.2) is 85.1 Å². The maximum Gasteiger partial charge on any atom is 0.224 e. The van der Waals surface area contributed by atoms with E-state index < -0.39 is 0 Å². The van der Waals surface area contributed by atoms with E-state index in [1.165, 1.54) is 5.56 Å². The van der Waals surface area contributed by atoms with E-state index >= 15 is 0 Å². The number of pyridine rings is 1. The van der Waals surface area contributed by atoms with Gasteiger partial charge in [0.2, 0.25) is 5.91 Å². The first kappa shape index (κ1) is 25.9. The van der Waals surface area contributed by atoms with Crippen LogP contribution in [0.4, 0.5) is 5.69 Å². The molecule has 0 saturated heterocycles. The number of carbonyl (C=O) groups excluding carboxylic acids is 1. The molecule has 7 nitrogen and oxygen atoms in total. The lowest BCUT2D eigenvalue weighted by Gasteiger charge is -2.11.